The fourth-order valence-corrected chi connectivity index (χ4v) is 1.90. The fourth-order valence-electron chi connectivity index (χ4n) is 1.90. The van der Waals surface area contributed by atoms with Crippen molar-refractivity contribution < 1.29 is 22.6 Å². The number of aliphatic imine (C=N–C) groups is 1. The van der Waals surface area contributed by atoms with Crippen molar-refractivity contribution in [2.75, 3.05) is 27.3 Å². The van der Waals surface area contributed by atoms with E-state index >= 15 is 0 Å². The van der Waals surface area contributed by atoms with Gasteiger partial charge in [-0.25, -0.2) is 0 Å². The summed E-state index contributed by atoms with van der Waals surface area (Å²) in [6.45, 7) is 3.12. The van der Waals surface area contributed by atoms with Crippen molar-refractivity contribution in [3.8, 4) is 5.75 Å². The van der Waals surface area contributed by atoms with E-state index in [-0.39, 0.29) is 35.8 Å². The van der Waals surface area contributed by atoms with E-state index in [1.807, 2.05) is 6.92 Å². The summed E-state index contributed by atoms with van der Waals surface area (Å²) in [5, 5.41) is 6.29. The predicted molar refractivity (Wildman–Crippen MR) is 98.1 cm³/mol. The van der Waals surface area contributed by atoms with Crippen molar-refractivity contribution in [2.24, 2.45) is 4.99 Å². The Morgan fingerprint density at radius 3 is 2.38 bits per heavy atom. The van der Waals surface area contributed by atoms with Crippen molar-refractivity contribution in [3.63, 3.8) is 0 Å². The summed E-state index contributed by atoms with van der Waals surface area (Å²) in [6, 6.07) is 5.93. The number of guanidine groups is 1. The molecule has 0 aliphatic heterocycles. The highest BCUT2D eigenvalue weighted by molar-refractivity contribution is 14.0. The largest absolute Gasteiger partial charge is 0.573 e. The van der Waals surface area contributed by atoms with Crippen LogP contribution in [-0.2, 0) is 11.2 Å². The Morgan fingerprint density at radius 1 is 1.25 bits per heavy atom. The second-order valence-electron chi connectivity index (χ2n) is 4.94. The molecule has 0 aromatic heterocycles. The lowest BCUT2D eigenvalue weighted by Gasteiger charge is -2.17. The number of halogens is 4. The number of ether oxygens (including phenoxy) is 2. The predicted octanol–water partition coefficient (Wildman–Crippen LogP) is 2.95. The normalized spacial score (nSPS) is 13.0. The summed E-state index contributed by atoms with van der Waals surface area (Å²) in [7, 11) is 3.29. The molecule has 1 atom stereocenters. The molecule has 0 aliphatic rings. The summed E-state index contributed by atoms with van der Waals surface area (Å²) in [4.78, 5) is 4.09. The van der Waals surface area contributed by atoms with Crippen molar-refractivity contribution in [2.45, 2.75) is 25.7 Å². The topological polar surface area (TPSA) is 54.9 Å². The van der Waals surface area contributed by atoms with E-state index in [4.69, 9.17) is 4.74 Å². The number of methoxy groups -OCH3 is 1. The van der Waals surface area contributed by atoms with Crippen LogP contribution in [0.1, 0.15) is 12.5 Å². The van der Waals surface area contributed by atoms with Crippen molar-refractivity contribution in [1.82, 2.24) is 10.6 Å². The second-order valence-corrected chi connectivity index (χ2v) is 4.94. The molecule has 1 unspecified atom stereocenters. The summed E-state index contributed by atoms with van der Waals surface area (Å²) >= 11 is 0. The Labute approximate surface area is 157 Å². The zero-order chi connectivity index (χ0) is 17.3. The quantitative estimate of drug-likeness (QED) is 0.373. The van der Waals surface area contributed by atoms with Crippen LogP contribution in [0.2, 0.25) is 0 Å². The minimum Gasteiger partial charge on any atom is -0.406 e. The third-order valence-corrected chi connectivity index (χ3v) is 2.89. The van der Waals surface area contributed by atoms with E-state index in [2.05, 4.69) is 20.4 Å². The number of alkyl halides is 3. The number of benzene rings is 1. The van der Waals surface area contributed by atoms with E-state index in [9.17, 15) is 13.2 Å². The first-order chi connectivity index (χ1) is 10.8. The molecule has 1 aromatic carbocycles. The average molecular weight is 461 g/mol. The van der Waals surface area contributed by atoms with Gasteiger partial charge in [0.05, 0.1) is 6.61 Å². The monoisotopic (exact) mass is 461 g/mol. The first-order valence-corrected chi connectivity index (χ1v) is 7.15. The maximum absolute atomic E-state index is 12.1. The van der Waals surface area contributed by atoms with Gasteiger partial charge in [-0.3, -0.25) is 4.99 Å². The van der Waals surface area contributed by atoms with Gasteiger partial charge in [-0.05, 0) is 31.0 Å². The summed E-state index contributed by atoms with van der Waals surface area (Å²) in [6.07, 6.45) is -4.02. The highest BCUT2D eigenvalue weighted by Crippen LogP contribution is 2.22. The third kappa shape index (κ3) is 9.81. The van der Waals surface area contributed by atoms with Crippen LogP contribution in [0, 0.1) is 0 Å². The van der Waals surface area contributed by atoms with E-state index < -0.39 is 6.36 Å². The van der Waals surface area contributed by atoms with Crippen LogP contribution < -0.4 is 15.4 Å². The maximum Gasteiger partial charge on any atom is 0.573 e. The first-order valence-electron chi connectivity index (χ1n) is 7.15. The van der Waals surface area contributed by atoms with Gasteiger partial charge in [0.1, 0.15) is 5.75 Å². The van der Waals surface area contributed by atoms with Crippen LogP contribution in [0.15, 0.2) is 29.3 Å². The molecule has 0 saturated heterocycles. The van der Waals surface area contributed by atoms with Gasteiger partial charge in [-0.2, -0.15) is 0 Å². The van der Waals surface area contributed by atoms with Crippen LogP contribution >= 0.6 is 24.0 Å². The summed E-state index contributed by atoms with van der Waals surface area (Å²) in [5.74, 6) is 0.423. The fraction of sp³-hybridized carbons (Fsp3) is 0.533. The van der Waals surface area contributed by atoms with Gasteiger partial charge in [-0.15, -0.1) is 37.1 Å². The Morgan fingerprint density at radius 2 is 1.88 bits per heavy atom. The highest BCUT2D eigenvalue weighted by atomic mass is 127. The molecular formula is C15H23F3IN3O2. The number of hydrogen-bond donors (Lipinski definition) is 2. The Bertz CT molecular complexity index is 496. The van der Waals surface area contributed by atoms with Crippen LogP contribution in [0.3, 0.4) is 0 Å². The summed E-state index contributed by atoms with van der Waals surface area (Å²) < 4.78 is 45.1. The number of rotatable bonds is 7. The molecule has 0 spiro atoms. The molecule has 5 nitrogen and oxygen atoms in total. The van der Waals surface area contributed by atoms with Crippen LogP contribution in [-0.4, -0.2) is 45.7 Å². The Balaban J connectivity index is 0.00000529. The Hall–Kier alpha value is -1.23. The van der Waals surface area contributed by atoms with Gasteiger partial charge in [-0.1, -0.05) is 12.1 Å². The number of nitrogens with one attached hydrogen (secondary N) is 2. The molecule has 1 aromatic rings. The molecule has 0 aliphatic carbocycles. The molecule has 24 heavy (non-hydrogen) atoms. The zero-order valence-electron chi connectivity index (χ0n) is 13.8. The lowest BCUT2D eigenvalue weighted by atomic mass is 10.1. The van der Waals surface area contributed by atoms with Crippen molar-refractivity contribution in [1.29, 1.82) is 0 Å². The second kappa shape index (κ2) is 11.3. The van der Waals surface area contributed by atoms with E-state index in [0.29, 0.717) is 25.5 Å². The van der Waals surface area contributed by atoms with Gasteiger partial charge in [0.25, 0.3) is 0 Å². The summed E-state index contributed by atoms with van der Waals surface area (Å²) in [5.41, 5.74) is 0.896. The molecule has 138 valence electrons. The van der Waals surface area contributed by atoms with Gasteiger partial charge >= 0.3 is 6.36 Å². The third-order valence-electron chi connectivity index (χ3n) is 2.89. The molecule has 0 saturated carbocycles. The minimum atomic E-state index is -4.67. The lowest BCUT2D eigenvalue weighted by molar-refractivity contribution is -0.274. The van der Waals surface area contributed by atoms with Gasteiger partial charge < -0.3 is 20.1 Å². The first kappa shape index (κ1) is 22.8. The highest BCUT2D eigenvalue weighted by Gasteiger charge is 2.30. The molecule has 0 heterocycles. The number of hydrogen-bond acceptors (Lipinski definition) is 3. The molecule has 0 amide bonds. The standard InChI is InChI=1S/C15H22F3N3O2.HI/c1-11(10-22-3)21-14(19-2)20-9-8-12-4-6-13(7-5-12)23-15(16,17)18;/h4-7,11H,8-10H2,1-3H3,(H2,19,20,21);1H. The molecule has 2 N–H and O–H groups in total. The SMILES string of the molecule is CN=C(NCCc1ccc(OC(F)(F)F)cc1)NC(C)COC.I. The molecule has 0 fully saturated rings. The van der Waals surface area contributed by atoms with Crippen LogP contribution in [0.5, 0.6) is 5.75 Å². The average Bonchev–Trinajstić information content (AvgIpc) is 2.46. The van der Waals surface area contributed by atoms with Crippen LogP contribution in [0.25, 0.3) is 0 Å². The van der Waals surface area contributed by atoms with Gasteiger partial charge in [0.15, 0.2) is 5.96 Å². The van der Waals surface area contributed by atoms with Crippen LogP contribution in [0.4, 0.5) is 13.2 Å². The zero-order valence-corrected chi connectivity index (χ0v) is 16.1. The molecular weight excluding hydrogens is 438 g/mol. The van der Waals surface area contributed by atoms with Gasteiger partial charge in [0.2, 0.25) is 0 Å². The molecule has 9 heteroatoms. The van der Waals surface area contributed by atoms with Gasteiger partial charge in [0, 0.05) is 26.7 Å². The number of nitrogens with zero attached hydrogens (tertiary/aromatic N) is 1. The van der Waals surface area contributed by atoms with E-state index in [1.165, 1.54) is 12.1 Å². The smallest absolute Gasteiger partial charge is 0.406 e. The molecule has 1 rings (SSSR count). The lowest BCUT2D eigenvalue weighted by Crippen LogP contribution is -2.44. The molecule has 0 bridgehead atoms. The van der Waals surface area contributed by atoms with E-state index in [1.54, 1.807) is 26.3 Å². The van der Waals surface area contributed by atoms with E-state index in [0.717, 1.165) is 5.56 Å². The Kier molecular flexibility index (Phi) is 10.8. The van der Waals surface area contributed by atoms with Crippen molar-refractivity contribution >= 4 is 29.9 Å². The molecule has 0 radical (unpaired) electrons. The minimum absolute atomic E-state index is 0. The maximum atomic E-state index is 12.1. The van der Waals surface area contributed by atoms with Crippen molar-refractivity contribution in [3.05, 3.63) is 29.8 Å².